The predicted molar refractivity (Wildman–Crippen MR) is 84.2 cm³/mol. The van der Waals surface area contributed by atoms with E-state index >= 15 is 0 Å². The average Bonchev–Trinajstić information content (AvgIpc) is 2.96. The van der Waals surface area contributed by atoms with Crippen LogP contribution in [0.1, 0.15) is 32.5 Å². The lowest BCUT2D eigenvalue weighted by Gasteiger charge is -2.22. The van der Waals surface area contributed by atoms with Crippen LogP contribution in [0.4, 0.5) is 5.82 Å². The molecular weight excluding hydrogens is 262 g/mol. The van der Waals surface area contributed by atoms with Crippen LogP contribution in [0, 0.1) is 0 Å². The number of rotatable bonds is 4. The van der Waals surface area contributed by atoms with Crippen molar-refractivity contribution in [3.8, 4) is 11.3 Å². The third kappa shape index (κ3) is 2.90. The Bertz CT molecular complexity index is 607. The van der Waals surface area contributed by atoms with Crippen molar-refractivity contribution in [2.75, 3.05) is 18.5 Å². The van der Waals surface area contributed by atoms with Crippen molar-refractivity contribution in [1.29, 1.82) is 0 Å². The van der Waals surface area contributed by atoms with Crippen molar-refractivity contribution in [2.24, 2.45) is 0 Å². The zero-order valence-electron chi connectivity index (χ0n) is 12.6. The van der Waals surface area contributed by atoms with Crippen LogP contribution in [0.2, 0.25) is 0 Å². The average molecular weight is 283 g/mol. The maximum atomic E-state index is 5.90. The van der Waals surface area contributed by atoms with Gasteiger partial charge in [-0.3, -0.25) is 0 Å². The molecule has 1 unspecified atom stereocenters. The molecule has 21 heavy (non-hydrogen) atoms. The smallest absolute Gasteiger partial charge is 0.162 e. The molecule has 1 aromatic heterocycles. The lowest BCUT2D eigenvalue weighted by molar-refractivity contribution is 0.00953. The molecule has 0 spiro atoms. The first-order valence-electron chi connectivity index (χ1n) is 7.54. The van der Waals surface area contributed by atoms with Crippen molar-refractivity contribution in [3.63, 3.8) is 0 Å². The number of nitrogens with zero attached hydrogens (tertiary/aromatic N) is 2. The molecule has 1 aliphatic heterocycles. The molecule has 0 aliphatic carbocycles. The molecule has 0 radical (unpaired) electrons. The van der Waals surface area contributed by atoms with Crippen LogP contribution in [0.3, 0.4) is 0 Å². The van der Waals surface area contributed by atoms with E-state index in [1.54, 1.807) is 0 Å². The van der Waals surface area contributed by atoms with Crippen molar-refractivity contribution in [1.82, 2.24) is 9.97 Å². The Labute approximate surface area is 125 Å². The van der Waals surface area contributed by atoms with Gasteiger partial charge in [0.05, 0.1) is 5.69 Å². The molecule has 1 N–H and O–H groups in total. The highest BCUT2D eigenvalue weighted by Crippen LogP contribution is 2.35. The molecule has 4 heteroatoms. The van der Waals surface area contributed by atoms with Gasteiger partial charge in [-0.1, -0.05) is 30.3 Å². The fraction of sp³-hybridized carbons (Fsp3) is 0.412. The van der Waals surface area contributed by atoms with E-state index in [0.29, 0.717) is 0 Å². The molecule has 1 aliphatic rings. The minimum atomic E-state index is -0.366. The third-order valence-corrected chi connectivity index (χ3v) is 3.85. The van der Waals surface area contributed by atoms with Gasteiger partial charge in [-0.25, -0.2) is 9.97 Å². The molecule has 0 bridgehead atoms. The maximum absolute atomic E-state index is 5.90. The van der Waals surface area contributed by atoms with Crippen LogP contribution >= 0.6 is 0 Å². The molecule has 2 heterocycles. The van der Waals surface area contributed by atoms with Crippen LogP contribution in [-0.4, -0.2) is 23.1 Å². The fourth-order valence-electron chi connectivity index (χ4n) is 2.67. The zero-order chi connectivity index (χ0) is 14.7. The third-order valence-electron chi connectivity index (χ3n) is 3.85. The Morgan fingerprint density at radius 3 is 2.71 bits per heavy atom. The summed E-state index contributed by atoms with van der Waals surface area (Å²) in [6, 6.07) is 12.2. The summed E-state index contributed by atoms with van der Waals surface area (Å²) < 4.78 is 5.90. The number of benzene rings is 1. The summed E-state index contributed by atoms with van der Waals surface area (Å²) in [7, 11) is 0. The molecule has 2 aromatic rings. The molecule has 1 saturated heterocycles. The zero-order valence-corrected chi connectivity index (χ0v) is 12.6. The van der Waals surface area contributed by atoms with E-state index in [9.17, 15) is 0 Å². The molecule has 1 atom stereocenters. The molecule has 1 fully saturated rings. The summed E-state index contributed by atoms with van der Waals surface area (Å²) in [5, 5.41) is 3.29. The van der Waals surface area contributed by atoms with Crippen LogP contribution in [-0.2, 0) is 10.3 Å². The van der Waals surface area contributed by atoms with Gasteiger partial charge in [-0.15, -0.1) is 0 Å². The predicted octanol–water partition coefficient (Wildman–Crippen LogP) is 3.60. The first kappa shape index (κ1) is 14.0. The second kappa shape index (κ2) is 5.82. The molecule has 4 nitrogen and oxygen atoms in total. The normalized spacial score (nSPS) is 21.4. The van der Waals surface area contributed by atoms with Crippen molar-refractivity contribution >= 4 is 5.82 Å². The number of hydrogen-bond donors (Lipinski definition) is 1. The molecular formula is C17H21N3O. The van der Waals surface area contributed by atoms with Gasteiger partial charge in [-0.2, -0.15) is 0 Å². The van der Waals surface area contributed by atoms with E-state index in [2.05, 4.69) is 36.3 Å². The Kier molecular flexibility index (Phi) is 3.88. The van der Waals surface area contributed by atoms with Crippen molar-refractivity contribution < 1.29 is 4.74 Å². The molecule has 0 amide bonds. The number of hydrogen-bond acceptors (Lipinski definition) is 4. The first-order chi connectivity index (χ1) is 10.2. The minimum Gasteiger partial charge on any atom is -0.370 e. The van der Waals surface area contributed by atoms with E-state index < -0.39 is 0 Å². The lowest BCUT2D eigenvalue weighted by Crippen LogP contribution is -2.24. The highest BCUT2D eigenvalue weighted by atomic mass is 16.5. The van der Waals surface area contributed by atoms with Crippen LogP contribution in [0.5, 0.6) is 0 Å². The summed E-state index contributed by atoms with van der Waals surface area (Å²) in [4.78, 5) is 9.42. The number of anilines is 1. The van der Waals surface area contributed by atoms with E-state index in [0.717, 1.165) is 48.9 Å². The van der Waals surface area contributed by atoms with Crippen molar-refractivity contribution in [2.45, 2.75) is 32.3 Å². The second-order valence-corrected chi connectivity index (χ2v) is 5.54. The fourth-order valence-corrected chi connectivity index (χ4v) is 2.67. The summed E-state index contributed by atoms with van der Waals surface area (Å²) in [5.41, 5.74) is 1.67. The van der Waals surface area contributed by atoms with Gasteiger partial charge in [0.15, 0.2) is 5.82 Å². The molecule has 0 saturated carbocycles. The summed E-state index contributed by atoms with van der Waals surface area (Å²) in [6.07, 6.45) is 2.03. The van der Waals surface area contributed by atoms with Gasteiger partial charge in [0.2, 0.25) is 0 Å². The Morgan fingerprint density at radius 2 is 2.05 bits per heavy atom. The van der Waals surface area contributed by atoms with E-state index in [1.807, 2.05) is 24.3 Å². The Hall–Kier alpha value is -1.94. The lowest BCUT2D eigenvalue weighted by atomic mass is 10.0. The van der Waals surface area contributed by atoms with E-state index in [1.165, 1.54) is 0 Å². The van der Waals surface area contributed by atoms with Gasteiger partial charge >= 0.3 is 0 Å². The Balaban J connectivity index is 2.06. The summed E-state index contributed by atoms with van der Waals surface area (Å²) in [6.45, 7) is 5.77. The van der Waals surface area contributed by atoms with E-state index in [-0.39, 0.29) is 5.60 Å². The van der Waals surface area contributed by atoms with Crippen molar-refractivity contribution in [3.05, 3.63) is 42.2 Å². The molecule has 110 valence electrons. The summed E-state index contributed by atoms with van der Waals surface area (Å²) >= 11 is 0. The SMILES string of the molecule is CCNc1cc(-c2ccccc2)nc(C2(C)CCCO2)n1. The quantitative estimate of drug-likeness (QED) is 0.931. The van der Waals surface area contributed by atoms with Crippen LogP contribution < -0.4 is 5.32 Å². The Morgan fingerprint density at radius 1 is 1.24 bits per heavy atom. The topological polar surface area (TPSA) is 47.0 Å². The standard InChI is InChI=1S/C17H21N3O/c1-3-18-15-12-14(13-8-5-4-6-9-13)19-16(20-15)17(2)10-7-11-21-17/h4-6,8-9,12H,3,7,10-11H2,1-2H3,(H,18,19,20). The first-order valence-corrected chi connectivity index (χ1v) is 7.54. The maximum Gasteiger partial charge on any atom is 0.162 e. The van der Waals surface area contributed by atoms with Gasteiger partial charge in [0, 0.05) is 24.8 Å². The summed E-state index contributed by atoms with van der Waals surface area (Å²) in [5.74, 6) is 1.63. The highest BCUT2D eigenvalue weighted by Gasteiger charge is 2.35. The number of nitrogens with one attached hydrogen (secondary N) is 1. The molecule has 3 rings (SSSR count). The van der Waals surface area contributed by atoms with Crippen LogP contribution in [0.25, 0.3) is 11.3 Å². The second-order valence-electron chi connectivity index (χ2n) is 5.54. The largest absolute Gasteiger partial charge is 0.370 e. The number of aromatic nitrogens is 2. The van der Waals surface area contributed by atoms with Crippen LogP contribution in [0.15, 0.2) is 36.4 Å². The van der Waals surface area contributed by atoms with Gasteiger partial charge in [-0.05, 0) is 26.7 Å². The van der Waals surface area contributed by atoms with Gasteiger partial charge < -0.3 is 10.1 Å². The van der Waals surface area contributed by atoms with Gasteiger partial charge in [0.1, 0.15) is 11.4 Å². The highest BCUT2D eigenvalue weighted by molar-refractivity contribution is 5.62. The van der Waals surface area contributed by atoms with E-state index in [4.69, 9.17) is 9.72 Å². The van der Waals surface area contributed by atoms with Gasteiger partial charge in [0.25, 0.3) is 0 Å². The molecule has 1 aromatic carbocycles. The number of ether oxygens (including phenoxy) is 1. The minimum absolute atomic E-state index is 0.366. The monoisotopic (exact) mass is 283 g/mol.